The Morgan fingerprint density at radius 3 is 2.39 bits per heavy atom. The number of hydrogen-bond acceptors (Lipinski definition) is 3. The van der Waals surface area contributed by atoms with Crippen molar-refractivity contribution in [3.63, 3.8) is 0 Å². The molecule has 100 valence electrons. The van der Waals surface area contributed by atoms with E-state index in [0.717, 1.165) is 5.57 Å². The van der Waals surface area contributed by atoms with Gasteiger partial charge in [0.1, 0.15) is 22.3 Å². The molecule has 7 heteroatoms. The van der Waals surface area contributed by atoms with E-state index in [4.69, 9.17) is 38.6 Å². The Bertz CT molecular complexity index is 575. The van der Waals surface area contributed by atoms with Crippen molar-refractivity contribution in [2.45, 2.75) is 18.7 Å². The van der Waals surface area contributed by atoms with Gasteiger partial charge in [-0.3, -0.25) is 0 Å². The maximum absolute atomic E-state index is 11.2. The monoisotopic (exact) mass is 328 g/mol. The Kier molecular flexibility index (Phi) is 5.34. The Morgan fingerprint density at radius 2 is 1.89 bits per heavy atom. The highest BCUT2D eigenvalue weighted by atomic mass is 35.7. The van der Waals surface area contributed by atoms with Gasteiger partial charge in [0.2, 0.25) is 0 Å². The molecular formula is C11H11Cl3O3S. The Hall–Kier alpha value is -0.420. The van der Waals surface area contributed by atoms with Crippen molar-refractivity contribution < 1.29 is 13.2 Å². The Balaban J connectivity index is 3.06. The van der Waals surface area contributed by atoms with Gasteiger partial charge in [-0.05, 0) is 32.1 Å². The summed E-state index contributed by atoms with van der Waals surface area (Å²) in [6, 6.07) is 2.68. The number of benzene rings is 1. The quantitative estimate of drug-likeness (QED) is 0.612. The molecule has 1 aromatic carbocycles. The van der Waals surface area contributed by atoms with Crippen molar-refractivity contribution in [1.29, 1.82) is 0 Å². The van der Waals surface area contributed by atoms with Gasteiger partial charge in [-0.2, -0.15) is 0 Å². The summed E-state index contributed by atoms with van der Waals surface area (Å²) >= 11 is 11.8. The van der Waals surface area contributed by atoms with Crippen LogP contribution in [0.4, 0.5) is 0 Å². The van der Waals surface area contributed by atoms with Crippen LogP contribution in [-0.2, 0) is 9.05 Å². The van der Waals surface area contributed by atoms with Crippen LogP contribution in [0.3, 0.4) is 0 Å². The van der Waals surface area contributed by atoms with Crippen molar-refractivity contribution in [2.75, 3.05) is 6.61 Å². The fourth-order valence-electron chi connectivity index (χ4n) is 1.11. The first-order valence-corrected chi connectivity index (χ1v) is 7.99. The van der Waals surface area contributed by atoms with E-state index in [-0.39, 0.29) is 14.9 Å². The van der Waals surface area contributed by atoms with Gasteiger partial charge in [0.25, 0.3) is 9.05 Å². The normalized spacial score (nSPS) is 11.2. The molecule has 1 rings (SSSR count). The molecule has 0 aliphatic rings. The summed E-state index contributed by atoms with van der Waals surface area (Å²) in [6.45, 7) is 4.19. The van der Waals surface area contributed by atoms with Crippen molar-refractivity contribution in [1.82, 2.24) is 0 Å². The molecule has 0 heterocycles. The summed E-state index contributed by atoms with van der Waals surface area (Å²) in [6.07, 6.45) is 1.86. The zero-order chi connectivity index (χ0) is 13.9. The molecular weight excluding hydrogens is 319 g/mol. The number of ether oxygens (including phenoxy) is 1. The van der Waals surface area contributed by atoms with Gasteiger partial charge < -0.3 is 4.74 Å². The lowest BCUT2D eigenvalue weighted by Gasteiger charge is -2.09. The predicted octanol–water partition coefficient (Wildman–Crippen LogP) is 4.27. The molecule has 0 aliphatic heterocycles. The predicted molar refractivity (Wildman–Crippen MR) is 74.4 cm³/mol. The van der Waals surface area contributed by atoms with Gasteiger partial charge in [-0.1, -0.05) is 28.8 Å². The average Bonchev–Trinajstić information content (AvgIpc) is 2.22. The zero-order valence-corrected chi connectivity index (χ0v) is 12.8. The molecule has 0 saturated heterocycles. The molecule has 0 N–H and O–H groups in total. The molecule has 0 amide bonds. The van der Waals surface area contributed by atoms with E-state index in [0.29, 0.717) is 12.4 Å². The van der Waals surface area contributed by atoms with E-state index < -0.39 is 9.05 Å². The molecule has 0 saturated carbocycles. The highest BCUT2D eigenvalue weighted by molar-refractivity contribution is 8.13. The highest BCUT2D eigenvalue weighted by Crippen LogP contribution is 2.37. The van der Waals surface area contributed by atoms with Crippen molar-refractivity contribution in [3.05, 3.63) is 33.8 Å². The summed E-state index contributed by atoms with van der Waals surface area (Å²) in [7, 11) is 1.29. The summed E-state index contributed by atoms with van der Waals surface area (Å²) in [5, 5.41) is -0.109. The van der Waals surface area contributed by atoms with E-state index in [1.54, 1.807) is 0 Å². The first kappa shape index (κ1) is 15.6. The zero-order valence-electron chi connectivity index (χ0n) is 9.71. The largest absolute Gasteiger partial charge is 0.488 e. The second kappa shape index (κ2) is 6.15. The maximum atomic E-state index is 11.2. The summed E-state index contributed by atoms with van der Waals surface area (Å²) in [5.41, 5.74) is 1.09. The molecule has 3 nitrogen and oxygen atoms in total. The number of rotatable bonds is 4. The Morgan fingerprint density at radius 1 is 1.28 bits per heavy atom. The minimum Gasteiger partial charge on any atom is -0.488 e. The van der Waals surface area contributed by atoms with Gasteiger partial charge in [0.05, 0.1) is 5.02 Å². The third-order valence-electron chi connectivity index (χ3n) is 2.00. The molecule has 0 unspecified atom stereocenters. The SMILES string of the molecule is CC(C)=CCOc1ccc(S(=O)(=O)Cl)c(Cl)c1Cl. The van der Waals surface area contributed by atoms with Crippen LogP contribution >= 0.6 is 33.9 Å². The van der Waals surface area contributed by atoms with E-state index >= 15 is 0 Å². The molecule has 0 aromatic heterocycles. The minimum absolute atomic E-state index is 0.0283. The minimum atomic E-state index is -3.92. The smallest absolute Gasteiger partial charge is 0.262 e. The van der Waals surface area contributed by atoms with Gasteiger partial charge in [0.15, 0.2) is 0 Å². The first-order chi connectivity index (χ1) is 8.23. The third-order valence-corrected chi connectivity index (χ3v) is 4.35. The van der Waals surface area contributed by atoms with Crippen LogP contribution in [0.15, 0.2) is 28.7 Å². The lowest BCUT2D eigenvalue weighted by Crippen LogP contribution is -1.98. The molecule has 0 fully saturated rings. The Labute approximate surface area is 121 Å². The van der Waals surface area contributed by atoms with E-state index in [9.17, 15) is 8.42 Å². The van der Waals surface area contributed by atoms with E-state index in [1.807, 2.05) is 19.9 Å². The van der Waals surface area contributed by atoms with Crippen LogP contribution in [0, 0.1) is 0 Å². The van der Waals surface area contributed by atoms with Crippen LogP contribution in [0.1, 0.15) is 13.8 Å². The summed E-state index contributed by atoms with van der Waals surface area (Å²) in [5.74, 6) is 0.309. The lowest BCUT2D eigenvalue weighted by molar-refractivity contribution is 0.362. The maximum Gasteiger partial charge on any atom is 0.262 e. The topological polar surface area (TPSA) is 43.4 Å². The molecule has 0 aliphatic carbocycles. The van der Waals surface area contributed by atoms with Gasteiger partial charge in [-0.15, -0.1) is 0 Å². The fraction of sp³-hybridized carbons (Fsp3) is 0.273. The molecule has 0 spiro atoms. The van der Waals surface area contributed by atoms with Crippen LogP contribution in [0.5, 0.6) is 5.75 Å². The van der Waals surface area contributed by atoms with Crippen molar-refractivity contribution in [3.8, 4) is 5.75 Å². The number of hydrogen-bond donors (Lipinski definition) is 0. The second-order valence-corrected chi connectivity index (χ2v) is 7.01. The van der Waals surface area contributed by atoms with Crippen LogP contribution in [-0.4, -0.2) is 15.0 Å². The van der Waals surface area contributed by atoms with Crippen LogP contribution in [0.25, 0.3) is 0 Å². The van der Waals surface area contributed by atoms with Gasteiger partial charge in [-0.25, -0.2) is 8.42 Å². The van der Waals surface area contributed by atoms with Crippen LogP contribution in [0.2, 0.25) is 10.0 Å². The van der Waals surface area contributed by atoms with Crippen LogP contribution < -0.4 is 4.74 Å². The molecule has 0 bridgehead atoms. The lowest BCUT2D eigenvalue weighted by atomic mass is 10.3. The number of allylic oxidation sites excluding steroid dienone is 1. The first-order valence-electron chi connectivity index (χ1n) is 4.92. The second-order valence-electron chi connectivity index (χ2n) is 3.72. The van der Waals surface area contributed by atoms with Crippen molar-refractivity contribution >= 4 is 42.9 Å². The van der Waals surface area contributed by atoms with Gasteiger partial charge in [0, 0.05) is 10.7 Å². The standard InChI is InChI=1S/C11H11Cl3O3S/c1-7(2)5-6-17-8-3-4-9(18(14,15)16)11(13)10(8)12/h3-5H,6H2,1-2H3. The molecule has 0 radical (unpaired) electrons. The fourth-order valence-corrected chi connectivity index (χ4v) is 2.90. The van der Waals surface area contributed by atoms with Crippen molar-refractivity contribution in [2.24, 2.45) is 0 Å². The summed E-state index contributed by atoms with van der Waals surface area (Å²) in [4.78, 5) is -0.231. The average molecular weight is 330 g/mol. The number of halogens is 3. The molecule has 1 aromatic rings. The highest BCUT2D eigenvalue weighted by Gasteiger charge is 2.19. The van der Waals surface area contributed by atoms with E-state index in [1.165, 1.54) is 12.1 Å². The third kappa shape index (κ3) is 4.05. The van der Waals surface area contributed by atoms with E-state index in [2.05, 4.69) is 0 Å². The van der Waals surface area contributed by atoms with Gasteiger partial charge >= 0.3 is 0 Å². The molecule has 0 atom stereocenters. The molecule has 18 heavy (non-hydrogen) atoms. The summed E-state index contributed by atoms with van der Waals surface area (Å²) < 4.78 is 27.8.